The van der Waals surface area contributed by atoms with Gasteiger partial charge in [-0.1, -0.05) is 30.3 Å². The summed E-state index contributed by atoms with van der Waals surface area (Å²) in [6.45, 7) is 1.84. The average molecular weight is 295 g/mol. The quantitative estimate of drug-likeness (QED) is 0.810. The first kappa shape index (κ1) is 14.6. The van der Waals surface area contributed by atoms with Crippen LogP contribution in [0.3, 0.4) is 0 Å². The number of benzene rings is 2. The van der Waals surface area contributed by atoms with E-state index in [4.69, 9.17) is 0 Å². The van der Waals surface area contributed by atoms with Gasteiger partial charge in [0.05, 0.1) is 11.4 Å². The van der Waals surface area contributed by atoms with E-state index >= 15 is 0 Å². The standard InChI is InChI=1S/C18H21N3O/c22-18(14-10-12-19-13-11-14)21-17-9-5-4-8-16(17)20-15-6-2-1-3-7-15/h1-9,14,19-20H,10-13H2,(H,21,22). The maximum atomic E-state index is 12.4. The smallest absolute Gasteiger partial charge is 0.227 e. The Morgan fingerprint density at radius 1 is 0.909 bits per heavy atom. The van der Waals surface area contributed by atoms with E-state index in [1.165, 1.54) is 0 Å². The normalized spacial score (nSPS) is 15.3. The molecule has 0 atom stereocenters. The number of carbonyl (C=O) groups is 1. The molecule has 3 N–H and O–H groups in total. The Hall–Kier alpha value is -2.33. The van der Waals surface area contributed by atoms with Crippen molar-refractivity contribution >= 4 is 23.0 Å². The van der Waals surface area contributed by atoms with Crippen molar-refractivity contribution in [2.24, 2.45) is 5.92 Å². The molecule has 0 saturated carbocycles. The van der Waals surface area contributed by atoms with Crippen molar-refractivity contribution in [1.29, 1.82) is 0 Å². The summed E-state index contributed by atoms with van der Waals surface area (Å²) < 4.78 is 0. The van der Waals surface area contributed by atoms with Crippen molar-refractivity contribution in [3.63, 3.8) is 0 Å². The molecule has 1 amide bonds. The van der Waals surface area contributed by atoms with E-state index < -0.39 is 0 Å². The first-order valence-electron chi connectivity index (χ1n) is 7.75. The lowest BCUT2D eigenvalue weighted by Crippen LogP contribution is -2.34. The van der Waals surface area contributed by atoms with Crippen LogP contribution in [0, 0.1) is 5.92 Å². The maximum Gasteiger partial charge on any atom is 0.227 e. The molecule has 114 valence electrons. The molecule has 2 aromatic carbocycles. The van der Waals surface area contributed by atoms with Crippen LogP contribution in [0.5, 0.6) is 0 Å². The number of hydrogen-bond acceptors (Lipinski definition) is 3. The molecule has 4 nitrogen and oxygen atoms in total. The van der Waals surface area contributed by atoms with Crippen LogP contribution in [0.15, 0.2) is 54.6 Å². The van der Waals surface area contributed by atoms with E-state index in [0.717, 1.165) is 43.0 Å². The summed E-state index contributed by atoms with van der Waals surface area (Å²) in [6.07, 6.45) is 1.81. The molecule has 0 bridgehead atoms. The van der Waals surface area contributed by atoms with E-state index in [-0.39, 0.29) is 11.8 Å². The minimum Gasteiger partial charge on any atom is -0.354 e. The van der Waals surface area contributed by atoms with Crippen LogP contribution in [-0.4, -0.2) is 19.0 Å². The molecule has 0 radical (unpaired) electrons. The van der Waals surface area contributed by atoms with Crippen LogP contribution >= 0.6 is 0 Å². The fraction of sp³-hybridized carbons (Fsp3) is 0.278. The highest BCUT2D eigenvalue weighted by atomic mass is 16.1. The van der Waals surface area contributed by atoms with Gasteiger partial charge in [0.15, 0.2) is 0 Å². The van der Waals surface area contributed by atoms with Crippen LogP contribution in [-0.2, 0) is 4.79 Å². The zero-order chi connectivity index (χ0) is 15.2. The third-order valence-corrected chi connectivity index (χ3v) is 3.95. The van der Waals surface area contributed by atoms with Crippen molar-refractivity contribution in [2.45, 2.75) is 12.8 Å². The molecule has 1 aliphatic heterocycles. The molecule has 0 aliphatic carbocycles. The number of amides is 1. The van der Waals surface area contributed by atoms with Crippen LogP contribution in [0.2, 0.25) is 0 Å². The molecule has 1 fully saturated rings. The molecule has 0 spiro atoms. The summed E-state index contributed by atoms with van der Waals surface area (Å²) >= 11 is 0. The molecule has 2 aromatic rings. The third-order valence-electron chi connectivity index (χ3n) is 3.95. The van der Waals surface area contributed by atoms with Crippen LogP contribution < -0.4 is 16.0 Å². The van der Waals surface area contributed by atoms with Gasteiger partial charge in [-0.05, 0) is 50.2 Å². The van der Waals surface area contributed by atoms with Gasteiger partial charge in [0.2, 0.25) is 5.91 Å². The van der Waals surface area contributed by atoms with Gasteiger partial charge < -0.3 is 16.0 Å². The molecule has 1 aliphatic rings. The summed E-state index contributed by atoms with van der Waals surface area (Å²) in [5.74, 6) is 0.217. The number of piperidine rings is 1. The fourth-order valence-corrected chi connectivity index (χ4v) is 2.70. The fourth-order valence-electron chi connectivity index (χ4n) is 2.70. The van der Waals surface area contributed by atoms with Gasteiger partial charge in [0.25, 0.3) is 0 Å². The first-order chi connectivity index (χ1) is 10.8. The van der Waals surface area contributed by atoms with Crippen molar-refractivity contribution < 1.29 is 4.79 Å². The highest BCUT2D eigenvalue weighted by molar-refractivity contribution is 5.96. The van der Waals surface area contributed by atoms with Gasteiger partial charge in [-0.2, -0.15) is 0 Å². The highest BCUT2D eigenvalue weighted by Gasteiger charge is 2.21. The molecule has 3 rings (SSSR count). The summed E-state index contributed by atoms with van der Waals surface area (Å²) in [7, 11) is 0. The van der Waals surface area contributed by atoms with Gasteiger partial charge in [-0.25, -0.2) is 0 Å². The van der Waals surface area contributed by atoms with Crippen LogP contribution in [0.25, 0.3) is 0 Å². The molecular formula is C18H21N3O. The van der Waals surface area contributed by atoms with Crippen LogP contribution in [0.4, 0.5) is 17.1 Å². The molecule has 0 aromatic heterocycles. The Bertz CT molecular complexity index is 621. The van der Waals surface area contributed by atoms with Crippen molar-refractivity contribution in [1.82, 2.24) is 5.32 Å². The third kappa shape index (κ3) is 3.65. The molecule has 22 heavy (non-hydrogen) atoms. The predicted molar refractivity (Wildman–Crippen MR) is 90.4 cm³/mol. The lowest BCUT2D eigenvalue weighted by atomic mass is 9.97. The number of para-hydroxylation sites is 3. The van der Waals surface area contributed by atoms with E-state index in [1.807, 2.05) is 54.6 Å². The Morgan fingerprint density at radius 3 is 2.27 bits per heavy atom. The molecule has 4 heteroatoms. The van der Waals surface area contributed by atoms with Crippen molar-refractivity contribution in [2.75, 3.05) is 23.7 Å². The van der Waals surface area contributed by atoms with Gasteiger partial charge in [-0.3, -0.25) is 4.79 Å². The van der Waals surface area contributed by atoms with Crippen molar-refractivity contribution in [3.8, 4) is 0 Å². The Balaban J connectivity index is 1.72. The number of carbonyl (C=O) groups excluding carboxylic acids is 1. The van der Waals surface area contributed by atoms with E-state index in [2.05, 4.69) is 16.0 Å². The predicted octanol–water partition coefficient (Wildman–Crippen LogP) is 3.37. The summed E-state index contributed by atoms with van der Waals surface area (Å²) in [6, 6.07) is 17.8. The Kier molecular flexibility index (Phi) is 4.71. The minimum atomic E-state index is 0.103. The number of hydrogen-bond donors (Lipinski definition) is 3. The van der Waals surface area contributed by atoms with E-state index in [9.17, 15) is 4.79 Å². The Morgan fingerprint density at radius 2 is 1.55 bits per heavy atom. The Labute approximate surface area is 130 Å². The number of rotatable bonds is 4. The molecule has 1 heterocycles. The zero-order valence-electron chi connectivity index (χ0n) is 12.5. The number of nitrogens with one attached hydrogen (secondary N) is 3. The largest absolute Gasteiger partial charge is 0.354 e. The average Bonchev–Trinajstić information content (AvgIpc) is 2.58. The molecule has 1 saturated heterocycles. The lowest BCUT2D eigenvalue weighted by Gasteiger charge is -2.22. The van der Waals surface area contributed by atoms with Crippen molar-refractivity contribution in [3.05, 3.63) is 54.6 Å². The second kappa shape index (κ2) is 7.09. The number of anilines is 3. The maximum absolute atomic E-state index is 12.4. The van der Waals surface area contributed by atoms with Gasteiger partial charge in [0, 0.05) is 11.6 Å². The molecule has 0 unspecified atom stereocenters. The van der Waals surface area contributed by atoms with E-state index in [0.29, 0.717) is 0 Å². The zero-order valence-corrected chi connectivity index (χ0v) is 12.5. The highest BCUT2D eigenvalue weighted by Crippen LogP contribution is 2.26. The minimum absolute atomic E-state index is 0.103. The van der Waals surface area contributed by atoms with Crippen LogP contribution in [0.1, 0.15) is 12.8 Å². The first-order valence-corrected chi connectivity index (χ1v) is 7.75. The lowest BCUT2D eigenvalue weighted by molar-refractivity contribution is -0.120. The van der Waals surface area contributed by atoms with Gasteiger partial charge >= 0.3 is 0 Å². The monoisotopic (exact) mass is 295 g/mol. The van der Waals surface area contributed by atoms with Gasteiger partial charge in [0.1, 0.15) is 0 Å². The summed E-state index contributed by atoms with van der Waals surface area (Å²) in [5, 5.41) is 9.71. The van der Waals surface area contributed by atoms with Gasteiger partial charge in [-0.15, -0.1) is 0 Å². The SMILES string of the molecule is O=C(Nc1ccccc1Nc1ccccc1)C1CCNCC1. The second-order valence-corrected chi connectivity index (χ2v) is 5.55. The van der Waals surface area contributed by atoms with E-state index in [1.54, 1.807) is 0 Å². The topological polar surface area (TPSA) is 53.2 Å². The second-order valence-electron chi connectivity index (χ2n) is 5.55. The summed E-state index contributed by atoms with van der Waals surface area (Å²) in [4.78, 5) is 12.4. The summed E-state index contributed by atoms with van der Waals surface area (Å²) in [5.41, 5.74) is 2.75. The molecular weight excluding hydrogens is 274 g/mol.